The van der Waals surface area contributed by atoms with Crippen LogP contribution in [0.1, 0.15) is 27.2 Å². The maximum Gasteiger partial charge on any atom is 0.186 e. The van der Waals surface area contributed by atoms with Gasteiger partial charge in [0.25, 0.3) is 0 Å². The van der Waals surface area contributed by atoms with Crippen LogP contribution in [-0.4, -0.2) is 53.1 Å². The Hall–Kier alpha value is -0.200. The van der Waals surface area contributed by atoms with Gasteiger partial charge in [-0.05, 0) is 11.8 Å². The van der Waals surface area contributed by atoms with Crippen LogP contribution in [0.15, 0.2) is 0 Å². The highest BCUT2D eigenvalue weighted by Gasteiger charge is 2.44. The van der Waals surface area contributed by atoms with Gasteiger partial charge < -0.3 is 24.8 Å². The molecule has 0 bridgehead atoms. The summed E-state index contributed by atoms with van der Waals surface area (Å²) in [6.45, 7) is 6.05. The predicted molar refractivity (Wildman–Crippen MR) is 57.8 cm³/mol. The van der Waals surface area contributed by atoms with Crippen molar-refractivity contribution in [2.75, 3.05) is 7.11 Å². The molecule has 96 valence electrons. The summed E-state index contributed by atoms with van der Waals surface area (Å²) in [5.74, 6) is 0. The Kier molecular flexibility index (Phi) is 4.31. The van der Waals surface area contributed by atoms with Crippen molar-refractivity contribution < 1.29 is 24.8 Å². The minimum atomic E-state index is -1.23. The minimum Gasteiger partial charge on any atom is -0.388 e. The maximum absolute atomic E-state index is 9.79. The summed E-state index contributed by atoms with van der Waals surface area (Å²) < 4.78 is 10.3. The SMILES string of the molecule is COC1OC(CC(C)(C)C)C(O)C(O)C1O. The molecule has 0 aromatic carbocycles. The van der Waals surface area contributed by atoms with Crippen LogP contribution < -0.4 is 0 Å². The third-order valence-corrected chi connectivity index (χ3v) is 2.71. The van der Waals surface area contributed by atoms with E-state index in [1.807, 2.05) is 20.8 Å². The van der Waals surface area contributed by atoms with Crippen molar-refractivity contribution in [2.45, 2.75) is 57.9 Å². The number of rotatable bonds is 2. The first-order valence-electron chi connectivity index (χ1n) is 5.49. The molecular formula is C11H22O5. The number of aliphatic hydroxyl groups is 3. The molecule has 5 atom stereocenters. The molecule has 5 nitrogen and oxygen atoms in total. The first kappa shape index (κ1) is 13.9. The van der Waals surface area contributed by atoms with Gasteiger partial charge in [0.1, 0.15) is 18.3 Å². The highest BCUT2D eigenvalue weighted by atomic mass is 16.7. The van der Waals surface area contributed by atoms with Crippen LogP contribution in [0.4, 0.5) is 0 Å². The summed E-state index contributed by atoms with van der Waals surface area (Å²) >= 11 is 0. The Balaban J connectivity index is 2.71. The van der Waals surface area contributed by atoms with Crippen LogP contribution >= 0.6 is 0 Å². The van der Waals surface area contributed by atoms with Gasteiger partial charge in [0.2, 0.25) is 0 Å². The molecule has 0 saturated carbocycles. The van der Waals surface area contributed by atoms with Crippen LogP contribution in [0.5, 0.6) is 0 Å². The van der Waals surface area contributed by atoms with E-state index in [1.54, 1.807) is 0 Å². The van der Waals surface area contributed by atoms with Crippen LogP contribution in [0, 0.1) is 5.41 Å². The molecule has 5 heteroatoms. The van der Waals surface area contributed by atoms with E-state index in [4.69, 9.17) is 9.47 Å². The van der Waals surface area contributed by atoms with E-state index in [1.165, 1.54) is 7.11 Å². The summed E-state index contributed by atoms with van der Waals surface area (Å²) in [6.07, 6.45) is -4.35. The molecule has 3 N–H and O–H groups in total. The van der Waals surface area contributed by atoms with Gasteiger partial charge in [0, 0.05) is 7.11 Å². The lowest BCUT2D eigenvalue weighted by Gasteiger charge is -2.41. The molecule has 1 aliphatic heterocycles. The van der Waals surface area contributed by atoms with Crippen molar-refractivity contribution in [1.29, 1.82) is 0 Å². The minimum absolute atomic E-state index is 0.0358. The Morgan fingerprint density at radius 3 is 2.06 bits per heavy atom. The van der Waals surface area contributed by atoms with E-state index in [2.05, 4.69) is 0 Å². The lowest BCUT2D eigenvalue weighted by atomic mass is 9.84. The standard InChI is InChI=1S/C11H22O5/c1-11(2,3)5-6-7(12)8(13)9(14)10(15-4)16-6/h6-10,12-14H,5H2,1-4H3. The number of hydrogen-bond acceptors (Lipinski definition) is 5. The van der Waals surface area contributed by atoms with E-state index in [0.717, 1.165) is 0 Å². The Morgan fingerprint density at radius 2 is 1.62 bits per heavy atom. The quantitative estimate of drug-likeness (QED) is 0.620. The third kappa shape index (κ3) is 3.15. The Morgan fingerprint density at radius 1 is 1.06 bits per heavy atom. The molecule has 5 unspecified atom stereocenters. The van der Waals surface area contributed by atoms with E-state index >= 15 is 0 Å². The second-order valence-electron chi connectivity index (χ2n) is 5.52. The fraction of sp³-hybridized carbons (Fsp3) is 1.00. The maximum atomic E-state index is 9.79. The average molecular weight is 234 g/mol. The van der Waals surface area contributed by atoms with Gasteiger partial charge in [0.05, 0.1) is 6.10 Å². The third-order valence-electron chi connectivity index (χ3n) is 2.71. The van der Waals surface area contributed by atoms with E-state index in [0.29, 0.717) is 6.42 Å². The van der Waals surface area contributed by atoms with Gasteiger partial charge in [-0.3, -0.25) is 0 Å². The summed E-state index contributed by atoms with van der Waals surface area (Å²) in [6, 6.07) is 0. The topological polar surface area (TPSA) is 79.2 Å². The molecule has 1 fully saturated rings. The summed E-state index contributed by atoms with van der Waals surface area (Å²) in [7, 11) is 1.40. The zero-order valence-corrected chi connectivity index (χ0v) is 10.3. The lowest BCUT2D eigenvalue weighted by Crippen LogP contribution is -2.58. The molecule has 0 amide bonds. The molecular weight excluding hydrogens is 212 g/mol. The molecule has 0 aromatic rings. The summed E-state index contributed by atoms with van der Waals surface area (Å²) in [5.41, 5.74) is -0.0358. The molecule has 1 saturated heterocycles. The largest absolute Gasteiger partial charge is 0.388 e. The zero-order valence-electron chi connectivity index (χ0n) is 10.3. The average Bonchev–Trinajstić information content (AvgIpc) is 2.17. The van der Waals surface area contributed by atoms with E-state index < -0.39 is 30.7 Å². The van der Waals surface area contributed by atoms with Gasteiger partial charge in [-0.25, -0.2) is 0 Å². The molecule has 16 heavy (non-hydrogen) atoms. The second-order valence-corrected chi connectivity index (χ2v) is 5.52. The van der Waals surface area contributed by atoms with Gasteiger partial charge in [-0.2, -0.15) is 0 Å². The first-order valence-corrected chi connectivity index (χ1v) is 5.49. The van der Waals surface area contributed by atoms with E-state index in [9.17, 15) is 15.3 Å². The normalized spacial score (nSPS) is 41.1. The molecule has 0 aliphatic carbocycles. The molecule has 0 spiro atoms. The van der Waals surface area contributed by atoms with Gasteiger partial charge in [-0.15, -0.1) is 0 Å². The fourth-order valence-electron chi connectivity index (χ4n) is 1.88. The zero-order chi connectivity index (χ0) is 12.5. The van der Waals surface area contributed by atoms with Crippen molar-refractivity contribution in [1.82, 2.24) is 0 Å². The summed E-state index contributed by atoms with van der Waals surface area (Å²) in [5, 5.41) is 29.0. The second kappa shape index (κ2) is 4.98. The van der Waals surface area contributed by atoms with Crippen molar-refractivity contribution in [3.8, 4) is 0 Å². The van der Waals surface area contributed by atoms with Gasteiger partial charge in [-0.1, -0.05) is 20.8 Å². The fourth-order valence-corrected chi connectivity index (χ4v) is 1.88. The molecule has 0 radical (unpaired) electrons. The predicted octanol–water partition coefficient (Wildman–Crippen LogP) is -0.123. The lowest BCUT2D eigenvalue weighted by molar-refractivity contribution is -0.293. The number of ether oxygens (including phenoxy) is 2. The monoisotopic (exact) mass is 234 g/mol. The smallest absolute Gasteiger partial charge is 0.186 e. The molecule has 1 rings (SSSR count). The highest BCUT2D eigenvalue weighted by Crippen LogP contribution is 2.30. The highest BCUT2D eigenvalue weighted by molar-refractivity contribution is 4.90. The van der Waals surface area contributed by atoms with Crippen molar-refractivity contribution in [3.05, 3.63) is 0 Å². The van der Waals surface area contributed by atoms with Crippen LogP contribution in [0.3, 0.4) is 0 Å². The van der Waals surface area contributed by atoms with Crippen molar-refractivity contribution >= 4 is 0 Å². The van der Waals surface area contributed by atoms with Crippen molar-refractivity contribution in [2.24, 2.45) is 5.41 Å². The number of hydrogen-bond donors (Lipinski definition) is 3. The van der Waals surface area contributed by atoms with Crippen molar-refractivity contribution in [3.63, 3.8) is 0 Å². The molecule has 0 aromatic heterocycles. The van der Waals surface area contributed by atoms with Gasteiger partial charge >= 0.3 is 0 Å². The molecule has 1 heterocycles. The van der Waals surface area contributed by atoms with Gasteiger partial charge in [0.15, 0.2) is 6.29 Å². The Bertz CT molecular complexity index is 223. The Labute approximate surface area is 96.0 Å². The number of methoxy groups -OCH3 is 1. The van der Waals surface area contributed by atoms with Crippen LogP contribution in [0.2, 0.25) is 0 Å². The number of aliphatic hydroxyl groups excluding tert-OH is 3. The summed E-state index contributed by atoms with van der Waals surface area (Å²) in [4.78, 5) is 0. The van der Waals surface area contributed by atoms with E-state index in [-0.39, 0.29) is 5.41 Å². The van der Waals surface area contributed by atoms with Crippen LogP contribution in [-0.2, 0) is 9.47 Å². The molecule has 1 aliphatic rings. The first-order chi connectivity index (χ1) is 7.26. The van der Waals surface area contributed by atoms with Crippen LogP contribution in [0.25, 0.3) is 0 Å².